The largest absolute Gasteiger partial charge is 0.394 e. The van der Waals surface area contributed by atoms with Crippen LogP contribution in [-0.2, 0) is 7.05 Å². The molecule has 88 valence electrons. The molecule has 0 bridgehead atoms. The fraction of sp³-hybridized carbons (Fsp3) is 0.100. The maximum atomic E-state index is 11.5. The molecular formula is C10H10ClN5O. The third-order valence-corrected chi connectivity index (χ3v) is 2.62. The smallest absolute Gasteiger partial charge is 0.273 e. The number of hydrogen-bond acceptors (Lipinski definition) is 5. The van der Waals surface area contributed by atoms with E-state index in [1.54, 1.807) is 13.2 Å². The van der Waals surface area contributed by atoms with Crippen LogP contribution in [0.3, 0.4) is 0 Å². The number of rotatable bonds is 1. The Balaban J connectivity index is 2.69. The lowest BCUT2D eigenvalue weighted by Gasteiger charge is -2.08. The number of nitrogens with two attached hydrogens (primary N) is 2. The number of aromatic nitrogens is 3. The van der Waals surface area contributed by atoms with E-state index in [9.17, 15) is 4.79 Å². The van der Waals surface area contributed by atoms with Crippen molar-refractivity contribution in [2.45, 2.75) is 0 Å². The fourth-order valence-electron chi connectivity index (χ4n) is 1.47. The Morgan fingerprint density at radius 3 is 2.71 bits per heavy atom. The van der Waals surface area contributed by atoms with E-state index < -0.39 is 0 Å². The number of aryl methyl sites for hydroxylation is 1. The zero-order valence-electron chi connectivity index (χ0n) is 9.01. The minimum absolute atomic E-state index is 0.124. The molecule has 0 aromatic carbocycles. The molecule has 0 aliphatic rings. The molecule has 0 unspecified atom stereocenters. The first-order chi connectivity index (χ1) is 8.00. The molecule has 7 heteroatoms. The van der Waals surface area contributed by atoms with Gasteiger partial charge in [-0.1, -0.05) is 11.6 Å². The van der Waals surface area contributed by atoms with Gasteiger partial charge in [0.15, 0.2) is 5.15 Å². The van der Waals surface area contributed by atoms with Crippen LogP contribution >= 0.6 is 11.6 Å². The number of hydrogen-bond donors (Lipinski definition) is 2. The van der Waals surface area contributed by atoms with Gasteiger partial charge in [-0.15, -0.1) is 0 Å². The van der Waals surface area contributed by atoms with Crippen molar-refractivity contribution < 1.29 is 0 Å². The highest BCUT2D eigenvalue weighted by molar-refractivity contribution is 6.32. The summed E-state index contributed by atoms with van der Waals surface area (Å²) in [6.45, 7) is 0. The first-order valence-corrected chi connectivity index (χ1v) is 5.11. The molecule has 0 fully saturated rings. The standard InChI is InChI=1S/C10H10ClN5O/c1-16-3-5(2-6(12)10(16)17)8-7(13)9(11)15-4-14-8/h2-4H,12-13H2,1H3. The number of halogens is 1. The number of pyridine rings is 1. The first-order valence-electron chi connectivity index (χ1n) is 4.73. The van der Waals surface area contributed by atoms with Gasteiger partial charge >= 0.3 is 0 Å². The second-order valence-electron chi connectivity index (χ2n) is 3.53. The summed E-state index contributed by atoms with van der Waals surface area (Å²) in [6.07, 6.45) is 2.89. The first kappa shape index (κ1) is 11.4. The topological polar surface area (TPSA) is 99.8 Å². The van der Waals surface area contributed by atoms with Crippen LogP contribution < -0.4 is 17.0 Å². The van der Waals surface area contributed by atoms with Crippen LogP contribution in [0.1, 0.15) is 0 Å². The van der Waals surface area contributed by atoms with Gasteiger partial charge in [0.25, 0.3) is 5.56 Å². The highest BCUT2D eigenvalue weighted by Gasteiger charge is 2.10. The molecule has 0 amide bonds. The van der Waals surface area contributed by atoms with E-state index >= 15 is 0 Å². The molecule has 2 aromatic heterocycles. The van der Waals surface area contributed by atoms with Crippen LogP contribution in [0.5, 0.6) is 0 Å². The van der Waals surface area contributed by atoms with Gasteiger partial charge in [0.2, 0.25) is 0 Å². The Hall–Kier alpha value is -2.08. The summed E-state index contributed by atoms with van der Waals surface area (Å²) in [6, 6.07) is 1.51. The molecule has 0 saturated heterocycles. The molecule has 2 heterocycles. The SMILES string of the molecule is Cn1cc(-c2ncnc(Cl)c2N)cc(N)c1=O. The van der Waals surface area contributed by atoms with Crippen molar-refractivity contribution in [1.29, 1.82) is 0 Å². The van der Waals surface area contributed by atoms with Crippen LogP contribution in [0.4, 0.5) is 11.4 Å². The highest BCUT2D eigenvalue weighted by atomic mass is 35.5. The fourth-order valence-corrected chi connectivity index (χ4v) is 1.60. The molecule has 2 aromatic rings. The zero-order chi connectivity index (χ0) is 12.6. The molecular weight excluding hydrogens is 242 g/mol. The molecule has 0 aliphatic carbocycles. The van der Waals surface area contributed by atoms with Crippen molar-refractivity contribution in [3.05, 3.63) is 34.1 Å². The van der Waals surface area contributed by atoms with Crippen LogP contribution in [0.15, 0.2) is 23.4 Å². The van der Waals surface area contributed by atoms with Gasteiger partial charge in [-0.3, -0.25) is 4.79 Å². The van der Waals surface area contributed by atoms with Crippen LogP contribution in [0, 0.1) is 0 Å². The van der Waals surface area contributed by atoms with Gasteiger partial charge in [-0.2, -0.15) is 0 Å². The van der Waals surface area contributed by atoms with E-state index in [0.717, 1.165) is 0 Å². The van der Waals surface area contributed by atoms with Crippen LogP contribution in [-0.4, -0.2) is 14.5 Å². The number of nitrogens with zero attached hydrogens (tertiary/aromatic N) is 3. The number of nitrogen functional groups attached to an aromatic ring is 2. The van der Waals surface area contributed by atoms with Gasteiger partial charge in [-0.25, -0.2) is 9.97 Å². The predicted octanol–water partition coefficient (Wildman–Crippen LogP) is 0.660. The van der Waals surface area contributed by atoms with E-state index in [4.69, 9.17) is 23.1 Å². The Kier molecular flexibility index (Phi) is 2.72. The summed E-state index contributed by atoms with van der Waals surface area (Å²) < 4.78 is 1.36. The van der Waals surface area contributed by atoms with Crippen LogP contribution in [0.2, 0.25) is 5.15 Å². The second kappa shape index (κ2) is 4.06. The van der Waals surface area contributed by atoms with Crippen molar-refractivity contribution in [3.8, 4) is 11.3 Å². The monoisotopic (exact) mass is 251 g/mol. The minimum Gasteiger partial charge on any atom is -0.394 e. The van der Waals surface area contributed by atoms with Crippen LogP contribution in [0.25, 0.3) is 11.3 Å². The summed E-state index contributed by atoms with van der Waals surface area (Å²) in [5.41, 5.74) is 12.5. The average Bonchev–Trinajstić information content (AvgIpc) is 2.29. The molecule has 2 rings (SSSR count). The summed E-state index contributed by atoms with van der Waals surface area (Å²) in [5.74, 6) is 0. The van der Waals surface area contributed by atoms with Crippen molar-refractivity contribution in [2.24, 2.45) is 7.05 Å². The quantitative estimate of drug-likeness (QED) is 0.726. The molecule has 0 radical (unpaired) electrons. The van der Waals surface area contributed by atoms with E-state index in [-0.39, 0.29) is 22.1 Å². The lowest BCUT2D eigenvalue weighted by Crippen LogP contribution is -2.19. The summed E-state index contributed by atoms with van der Waals surface area (Å²) in [4.78, 5) is 19.2. The second-order valence-corrected chi connectivity index (χ2v) is 3.88. The van der Waals surface area contributed by atoms with Crippen molar-refractivity contribution in [3.63, 3.8) is 0 Å². The lowest BCUT2D eigenvalue weighted by molar-refractivity contribution is 0.865. The van der Waals surface area contributed by atoms with Gasteiger partial charge in [0, 0.05) is 18.8 Å². The van der Waals surface area contributed by atoms with Gasteiger partial charge in [0.1, 0.15) is 6.33 Å². The van der Waals surface area contributed by atoms with Crippen molar-refractivity contribution in [1.82, 2.24) is 14.5 Å². The Labute approximate surface area is 102 Å². The molecule has 0 atom stereocenters. The minimum atomic E-state index is -0.271. The average molecular weight is 252 g/mol. The summed E-state index contributed by atoms with van der Waals surface area (Å²) >= 11 is 5.80. The molecule has 17 heavy (non-hydrogen) atoms. The predicted molar refractivity (Wildman–Crippen MR) is 66.5 cm³/mol. The Morgan fingerprint density at radius 1 is 1.35 bits per heavy atom. The molecule has 4 N–H and O–H groups in total. The maximum Gasteiger partial charge on any atom is 0.273 e. The molecule has 0 aliphatic heterocycles. The van der Waals surface area contributed by atoms with E-state index in [2.05, 4.69) is 9.97 Å². The van der Waals surface area contributed by atoms with Gasteiger partial charge < -0.3 is 16.0 Å². The Morgan fingerprint density at radius 2 is 2.06 bits per heavy atom. The summed E-state index contributed by atoms with van der Waals surface area (Å²) in [5, 5.41) is 0.169. The highest BCUT2D eigenvalue weighted by Crippen LogP contribution is 2.27. The molecule has 0 saturated carbocycles. The van der Waals surface area contributed by atoms with Crippen molar-refractivity contribution in [2.75, 3.05) is 11.5 Å². The molecule has 0 spiro atoms. The van der Waals surface area contributed by atoms with Gasteiger partial charge in [0.05, 0.1) is 17.1 Å². The third kappa shape index (κ3) is 1.94. The van der Waals surface area contributed by atoms with Crippen molar-refractivity contribution >= 4 is 23.0 Å². The Bertz CT molecular complexity index is 611. The maximum absolute atomic E-state index is 11.5. The third-order valence-electron chi connectivity index (χ3n) is 2.32. The lowest BCUT2D eigenvalue weighted by atomic mass is 10.1. The van der Waals surface area contributed by atoms with Gasteiger partial charge in [-0.05, 0) is 6.07 Å². The number of anilines is 2. The zero-order valence-corrected chi connectivity index (χ0v) is 9.77. The summed E-state index contributed by atoms with van der Waals surface area (Å²) in [7, 11) is 1.60. The molecule has 6 nitrogen and oxygen atoms in total. The normalized spacial score (nSPS) is 10.5. The van der Waals surface area contributed by atoms with E-state index in [1.807, 2.05) is 0 Å². The van der Waals surface area contributed by atoms with E-state index in [1.165, 1.54) is 17.0 Å². The van der Waals surface area contributed by atoms with E-state index in [0.29, 0.717) is 11.3 Å².